The molecule has 0 unspecified atom stereocenters. The number of hydrogen-bond acceptors (Lipinski definition) is 2. The molecule has 0 spiro atoms. The van der Waals surface area contributed by atoms with Crippen molar-refractivity contribution in [3.8, 4) is 0 Å². The molecule has 0 atom stereocenters. The molecule has 0 fully saturated rings. The molecule has 6 rings (SSSR count). The van der Waals surface area contributed by atoms with Crippen molar-refractivity contribution in [3.63, 3.8) is 0 Å². The van der Waals surface area contributed by atoms with Crippen LogP contribution in [0.25, 0.3) is 42.2 Å². The maximum Gasteiger partial charge on any atom is 0.102 e. The van der Waals surface area contributed by atoms with Gasteiger partial charge in [-0.25, -0.2) is 0 Å². The summed E-state index contributed by atoms with van der Waals surface area (Å²) in [5.74, 6) is 0. The number of aromatic amines is 2. The quantitative estimate of drug-likeness (QED) is 0.304. The van der Waals surface area contributed by atoms with E-state index in [1.165, 1.54) is 42.2 Å². The molecule has 116 valence electrons. The molecule has 4 heterocycles. The van der Waals surface area contributed by atoms with Crippen LogP contribution in [0.3, 0.4) is 0 Å². The predicted octanol–water partition coefficient (Wildman–Crippen LogP) is 6.77. The normalized spacial score (nSPS) is 11.3. The van der Waals surface area contributed by atoms with Crippen molar-refractivity contribution >= 4 is 64.9 Å². The van der Waals surface area contributed by atoms with Crippen LogP contribution in [0.15, 0.2) is 71.4 Å². The molecule has 2 N–H and O–H groups in total. The molecule has 0 aliphatic carbocycles. The van der Waals surface area contributed by atoms with Gasteiger partial charge in [0, 0.05) is 27.2 Å². The van der Waals surface area contributed by atoms with Crippen molar-refractivity contribution < 1.29 is 0 Å². The number of nitrogens with one attached hydrogen (secondary N) is 2. The van der Waals surface area contributed by atoms with Gasteiger partial charge in [0.05, 0.1) is 10.2 Å². The number of aromatic nitrogens is 2. The largest absolute Gasteiger partial charge is 0.355 e. The van der Waals surface area contributed by atoms with E-state index < -0.39 is 0 Å². The molecule has 4 aromatic heterocycles. The number of para-hydroxylation sites is 2. The Kier molecular flexibility index (Phi) is 3.18. The van der Waals surface area contributed by atoms with Gasteiger partial charge in [-0.2, -0.15) is 0 Å². The lowest BCUT2D eigenvalue weighted by Crippen LogP contribution is -1.62. The van der Waals surface area contributed by atoms with Gasteiger partial charge in [-0.1, -0.05) is 36.4 Å². The van der Waals surface area contributed by atoms with E-state index in [4.69, 9.17) is 0 Å². The van der Waals surface area contributed by atoms with Crippen LogP contribution >= 0.6 is 22.7 Å². The summed E-state index contributed by atoms with van der Waals surface area (Å²) in [4.78, 5) is 8.04. The first kappa shape index (κ1) is 13.8. The summed E-state index contributed by atoms with van der Waals surface area (Å²) in [6, 6.07) is 21.1. The average Bonchev–Trinajstić information content (AvgIpc) is 3.35. The Morgan fingerprint density at radius 2 is 1.21 bits per heavy atom. The summed E-state index contributed by atoms with van der Waals surface area (Å²) in [7, 11) is 0. The van der Waals surface area contributed by atoms with Crippen molar-refractivity contribution in [3.05, 3.63) is 71.4 Å². The monoisotopic (exact) mass is 346 g/mol. The topological polar surface area (TPSA) is 31.6 Å². The SMILES string of the molecule is c1cc2c([nH]c3ccsc32)s1.c1ccc2c(c1)[nH]c1ccccc12. The van der Waals surface area contributed by atoms with Crippen LogP contribution in [0.4, 0.5) is 0 Å². The number of rotatable bonds is 0. The van der Waals surface area contributed by atoms with E-state index in [9.17, 15) is 0 Å². The lowest BCUT2D eigenvalue weighted by atomic mass is 10.2. The van der Waals surface area contributed by atoms with Gasteiger partial charge in [-0.15, -0.1) is 22.7 Å². The highest BCUT2D eigenvalue weighted by atomic mass is 32.1. The second kappa shape index (κ2) is 5.51. The summed E-state index contributed by atoms with van der Waals surface area (Å²) < 4.78 is 1.39. The highest BCUT2D eigenvalue weighted by Gasteiger charge is 2.04. The zero-order chi connectivity index (χ0) is 15.9. The first-order valence-corrected chi connectivity index (χ1v) is 9.54. The van der Waals surface area contributed by atoms with E-state index in [1.807, 2.05) is 0 Å². The van der Waals surface area contributed by atoms with Gasteiger partial charge < -0.3 is 9.97 Å². The summed E-state index contributed by atoms with van der Waals surface area (Å²) in [5, 5.41) is 8.23. The van der Waals surface area contributed by atoms with Crippen LogP contribution in [-0.4, -0.2) is 9.97 Å². The van der Waals surface area contributed by atoms with Crippen LogP contribution in [0.5, 0.6) is 0 Å². The summed E-state index contributed by atoms with van der Waals surface area (Å²) >= 11 is 3.57. The summed E-state index contributed by atoms with van der Waals surface area (Å²) in [6.45, 7) is 0. The fraction of sp³-hybridized carbons (Fsp3) is 0. The minimum atomic E-state index is 1.21. The van der Waals surface area contributed by atoms with Crippen molar-refractivity contribution in [2.45, 2.75) is 0 Å². The van der Waals surface area contributed by atoms with Crippen molar-refractivity contribution in [1.82, 2.24) is 9.97 Å². The number of benzene rings is 2. The standard InChI is InChI=1S/C12H9N.C8H5NS2/c1-3-7-11-9(5-1)10-6-2-4-8-12(10)13-11;1-3-11-8-5(1)7-6(9-8)2-4-10-7/h1-8,13H;1-4,9H. The lowest BCUT2D eigenvalue weighted by molar-refractivity contribution is 1.55. The van der Waals surface area contributed by atoms with Crippen LogP contribution in [0, 0.1) is 0 Å². The average molecular weight is 346 g/mol. The van der Waals surface area contributed by atoms with Gasteiger partial charge in [0.2, 0.25) is 0 Å². The van der Waals surface area contributed by atoms with Crippen molar-refractivity contribution in [2.24, 2.45) is 0 Å². The molecule has 0 bridgehead atoms. The maximum absolute atomic E-state index is 3.38. The fourth-order valence-electron chi connectivity index (χ4n) is 3.12. The van der Waals surface area contributed by atoms with Crippen LogP contribution in [0.2, 0.25) is 0 Å². The molecule has 4 heteroatoms. The Labute approximate surface area is 146 Å². The van der Waals surface area contributed by atoms with E-state index in [-0.39, 0.29) is 0 Å². The zero-order valence-electron chi connectivity index (χ0n) is 12.7. The van der Waals surface area contributed by atoms with Gasteiger partial charge in [0.1, 0.15) is 4.83 Å². The smallest absolute Gasteiger partial charge is 0.102 e. The van der Waals surface area contributed by atoms with Gasteiger partial charge >= 0.3 is 0 Å². The minimum Gasteiger partial charge on any atom is -0.355 e. The van der Waals surface area contributed by atoms with Gasteiger partial charge in [0.15, 0.2) is 0 Å². The minimum absolute atomic E-state index is 1.21. The number of H-pyrrole nitrogens is 2. The molecule has 2 nitrogen and oxygen atoms in total. The molecule has 2 aromatic carbocycles. The molecule has 0 aliphatic rings. The third kappa shape index (κ3) is 2.15. The molecule has 0 saturated carbocycles. The molecule has 0 saturated heterocycles. The molecular formula is C20H14N2S2. The molecule has 0 aliphatic heterocycles. The van der Waals surface area contributed by atoms with Crippen LogP contribution in [-0.2, 0) is 0 Å². The molecule has 6 aromatic rings. The fourth-order valence-corrected chi connectivity index (χ4v) is 4.88. The zero-order valence-corrected chi connectivity index (χ0v) is 14.4. The van der Waals surface area contributed by atoms with E-state index in [2.05, 4.69) is 81.4 Å². The van der Waals surface area contributed by atoms with Crippen molar-refractivity contribution in [1.29, 1.82) is 0 Å². The highest BCUT2D eigenvalue weighted by molar-refractivity contribution is 7.21. The Balaban J connectivity index is 0.000000110. The Morgan fingerprint density at radius 1 is 0.542 bits per heavy atom. The summed E-state index contributed by atoms with van der Waals surface area (Å²) in [6.07, 6.45) is 0. The van der Waals surface area contributed by atoms with Gasteiger partial charge in [0.25, 0.3) is 0 Å². The Hall–Kier alpha value is -2.56. The highest BCUT2D eigenvalue weighted by Crippen LogP contribution is 2.32. The maximum atomic E-state index is 3.38. The third-order valence-corrected chi connectivity index (χ3v) is 6.01. The number of hydrogen-bond donors (Lipinski definition) is 2. The predicted molar refractivity (Wildman–Crippen MR) is 107 cm³/mol. The first-order chi connectivity index (χ1) is 11.9. The number of thiophene rings is 2. The van der Waals surface area contributed by atoms with Crippen LogP contribution in [0.1, 0.15) is 0 Å². The van der Waals surface area contributed by atoms with E-state index in [0.29, 0.717) is 0 Å². The second-order valence-electron chi connectivity index (χ2n) is 5.67. The lowest BCUT2D eigenvalue weighted by Gasteiger charge is -1.87. The summed E-state index contributed by atoms with van der Waals surface area (Å²) in [5.41, 5.74) is 3.70. The van der Waals surface area contributed by atoms with Gasteiger partial charge in [-0.3, -0.25) is 0 Å². The van der Waals surface area contributed by atoms with Gasteiger partial charge in [-0.05, 0) is 35.0 Å². The second-order valence-corrected chi connectivity index (χ2v) is 7.50. The van der Waals surface area contributed by atoms with Crippen molar-refractivity contribution in [2.75, 3.05) is 0 Å². The number of fused-ring (bicyclic) bond motifs is 6. The first-order valence-electron chi connectivity index (χ1n) is 7.78. The van der Waals surface area contributed by atoms with E-state index in [1.54, 1.807) is 22.7 Å². The molecular weight excluding hydrogens is 332 g/mol. The third-order valence-electron chi connectivity index (χ3n) is 4.24. The molecule has 0 amide bonds. The Bertz CT molecular complexity index is 1170. The van der Waals surface area contributed by atoms with Crippen LogP contribution < -0.4 is 0 Å². The Morgan fingerprint density at radius 3 is 1.96 bits per heavy atom. The van der Waals surface area contributed by atoms with E-state index >= 15 is 0 Å². The molecule has 0 radical (unpaired) electrons. The van der Waals surface area contributed by atoms with E-state index in [0.717, 1.165) is 0 Å². The molecule has 24 heavy (non-hydrogen) atoms.